The SMILES string of the molecule is FCc1cc(CF)cc([Se][Se]c2cc(CF)cc(CF)c2)c1. The van der Waals surface area contributed by atoms with Gasteiger partial charge in [-0.2, -0.15) is 0 Å². The van der Waals surface area contributed by atoms with Crippen molar-refractivity contribution in [1.82, 2.24) is 0 Å². The van der Waals surface area contributed by atoms with E-state index < -0.39 is 26.7 Å². The molecule has 0 nitrogen and oxygen atoms in total. The molecule has 0 bridgehead atoms. The predicted molar refractivity (Wildman–Crippen MR) is 82.9 cm³/mol. The van der Waals surface area contributed by atoms with Gasteiger partial charge in [-0.1, -0.05) is 0 Å². The molecule has 2 rings (SSSR count). The van der Waals surface area contributed by atoms with Gasteiger partial charge in [-0.05, 0) is 0 Å². The molecule has 2 aromatic carbocycles. The molecule has 0 atom stereocenters. The fourth-order valence-corrected chi connectivity index (χ4v) is 8.23. The van der Waals surface area contributed by atoms with Crippen LogP contribution in [0.2, 0.25) is 0 Å². The first kappa shape index (κ1) is 17.6. The Morgan fingerprint density at radius 1 is 0.500 bits per heavy atom. The van der Waals surface area contributed by atoms with Crippen molar-refractivity contribution in [2.24, 2.45) is 0 Å². The van der Waals surface area contributed by atoms with Crippen LogP contribution in [-0.2, 0) is 26.7 Å². The third kappa shape index (κ3) is 4.85. The van der Waals surface area contributed by atoms with Gasteiger partial charge in [0.25, 0.3) is 0 Å². The second-order valence-electron chi connectivity index (χ2n) is 4.67. The summed E-state index contributed by atoms with van der Waals surface area (Å²) in [5.41, 5.74) is 1.91. The molecule has 0 heterocycles. The number of hydrogen-bond donors (Lipinski definition) is 0. The van der Waals surface area contributed by atoms with Gasteiger partial charge in [-0.3, -0.25) is 0 Å². The first-order valence-electron chi connectivity index (χ1n) is 6.52. The molecule has 0 spiro atoms. The summed E-state index contributed by atoms with van der Waals surface area (Å²) in [6.07, 6.45) is 0. The zero-order chi connectivity index (χ0) is 15.9. The van der Waals surface area contributed by atoms with Crippen LogP contribution >= 0.6 is 0 Å². The van der Waals surface area contributed by atoms with E-state index >= 15 is 0 Å². The minimum absolute atomic E-state index is 0.0185. The minimum atomic E-state index is -0.618. The summed E-state index contributed by atoms with van der Waals surface area (Å²) in [5.74, 6) is 0. The molecular formula is C16H14F4Se2. The van der Waals surface area contributed by atoms with Crippen molar-refractivity contribution in [3.05, 3.63) is 58.7 Å². The molecule has 0 unspecified atom stereocenters. The number of benzene rings is 2. The maximum atomic E-state index is 12.8. The Kier molecular flexibility index (Phi) is 6.97. The summed E-state index contributed by atoms with van der Waals surface area (Å²) in [6, 6.07) is 10.0. The standard InChI is InChI=1S/C16H14F4Se2/c17-7-11-1-12(8-18)4-15(3-11)21-22-16-5-13(9-19)2-14(6-16)10-20/h1-6H,7-10H2. The summed E-state index contributed by atoms with van der Waals surface area (Å²) in [7, 11) is 0. The van der Waals surface area contributed by atoms with Crippen molar-refractivity contribution in [2.75, 3.05) is 0 Å². The summed E-state index contributed by atoms with van der Waals surface area (Å²) >= 11 is 0.0369. The van der Waals surface area contributed by atoms with Crippen LogP contribution in [0.5, 0.6) is 0 Å². The van der Waals surface area contributed by atoms with Crippen LogP contribution in [0.4, 0.5) is 17.6 Å². The van der Waals surface area contributed by atoms with Crippen LogP contribution < -0.4 is 8.92 Å². The molecule has 22 heavy (non-hydrogen) atoms. The molecule has 6 heteroatoms. The Morgan fingerprint density at radius 2 is 0.773 bits per heavy atom. The van der Waals surface area contributed by atoms with Crippen LogP contribution in [0.3, 0.4) is 0 Å². The van der Waals surface area contributed by atoms with E-state index in [0.29, 0.717) is 22.3 Å². The molecule has 2 aromatic rings. The summed E-state index contributed by atoms with van der Waals surface area (Å²) in [5, 5.41) is 0. The van der Waals surface area contributed by atoms with E-state index in [1.807, 2.05) is 0 Å². The quantitative estimate of drug-likeness (QED) is 0.459. The van der Waals surface area contributed by atoms with Gasteiger partial charge in [0.1, 0.15) is 0 Å². The zero-order valence-electron chi connectivity index (χ0n) is 11.6. The van der Waals surface area contributed by atoms with E-state index in [-0.39, 0.29) is 26.3 Å². The Balaban J connectivity index is 2.15. The van der Waals surface area contributed by atoms with Crippen molar-refractivity contribution in [3.63, 3.8) is 0 Å². The molecule has 118 valence electrons. The van der Waals surface area contributed by atoms with Crippen LogP contribution in [0, 0.1) is 0 Å². The van der Waals surface area contributed by atoms with Crippen LogP contribution in [0.1, 0.15) is 22.3 Å². The van der Waals surface area contributed by atoms with Crippen LogP contribution in [-0.4, -0.2) is 26.3 Å². The molecule has 0 amide bonds. The van der Waals surface area contributed by atoms with Gasteiger partial charge in [-0.15, -0.1) is 0 Å². The fourth-order valence-electron chi connectivity index (χ4n) is 1.96. The van der Waals surface area contributed by atoms with Crippen molar-refractivity contribution in [1.29, 1.82) is 0 Å². The van der Waals surface area contributed by atoms with E-state index in [9.17, 15) is 17.6 Å². The van der Waals surface area contributed by atoms with Gasteiger partial charge in [0.15, 0.2) is 0 Å². The Morgan fingerprint density at radius 3 is 1.00 bits per heavy atom. The number of halogens is 4. The topological polar surface area (TPSA) is 0 Å². The average Bonchev–Trinajstić information content (AvgIpc) is 2.59. The number of alkyl halides is 4. The van der Waals surface area contributed by atoms with Crippen LogP contribution in [0.15, 0.2) is 36.4 Å². The molecule has 0 aliphatic carbocycles. The van der Waals surface area contributed by atoms with Gasteiger partial charge in [-0.25, -0.2) is 0 Å². The average molecular weight is 440 g/mol. The van der Waals surface area contributed by atoms with Gasteiger partial charge in [0.05, 0.1) is 0 Å². The van der Waals surface area contributed by atoms with Crippen LogP contribution in [0.25, 0.3) is 0 Å². The van der Waals surface area contributed by atoms with E-state index in [4.69, 9.17) is 0 Å². The molecule has 0 N–H and O–H groups in total. The number of hydrogen-bond acceptors (Lipinski definition) is 0. The first-order chi connectivity index (χ1) is 10.7. The normalized spacial score (nSPS) is 10.9. The molecule has 0 radical (unpaired) electrons. The molecule has 0 aliphatic heterocycles. The summed E-state index contributed by atoms with van der Waals surface area (Å²) in [6.45, 7) is -2.47. The monoisotopic (exact) mass is 442 g/mol. The molecule has 0 saturated heterocycles. The van der Waals surface area contributed by atoms with Crippen molar-refractivity contribution in [2.45, 2.75) is 26.7 Å². The van der Waals surface area contributed by atoms with Crippen molar-refractivity contribution in [3.8, 4) is 0 Å². The summed E-state index contributed by atoms with van der Waals surface area (Å²) in [4.78, 5) is 0. The maximum absolute atomic E-state index is 12.8. The van der Waals surface area contributed by atoms with Gasteiger partial charge >= 0.3 is 138 Å². The van der Waals surface area contributed by atoms with E-state index in [1.54, 1.807) is 24.3 Å². The molecular weight excluding hydrogens is 426 g/mol. The fraction of sp³-hybridized carbons (Fsp3) is 0.250. The Hall–Kier alpha value is -0.801. The van der Waals surface area contributed by atoms with Gasteiger partial charge in [0.2, 0.25) is 0 Å². The second kappa shape index (κ2) is 8.73. The molecule has 0 aliphatic rings. The third-order valence-electron chi connectivity index (χ3n) is 2.90. The predicted octanol–water partition coefficient (Wildman–Crippen LogP) is 2.84. The van der Waals surface area contributed by atoms with E-state index in [2.05, 4.69) is 0 Å². The first-order valence-corrected chi connectivity index (χ1v) is 12.6. The number of rotatable bonds is 7. The van der Waals surface area contributed by atoms with Gasteiger partial charge < -0.3 is 0 Å². The molecule has 0 saturated carbocycles. The Labute approximate surface area is 138 Å². The summed E-state index contributed by atoms with van der Waals surface area (Å²) < 4.78 is 53.0. The van der Waals surface area contributed by atoms with E-state index in [1.165, 1.54) is 12.1 Å². The molecule has 0 fully saturated rings. The van der Waals surface area contributed by atoms with E-state index in [0.717, 1.165) is 8.92 Å². The third-order valence-corrected chi connectivity index (χ3v) is 9.98. The Bertz CT molecular complexity index is 532. The molecule has 0 aromatic heterocycles. The second-order valence-corrected chi connectivity index (χ2v) is 11.0. The van der Waals surface area contributed by atoms with Crippen molar-refractivity contribution >= 4 is 35.2 Å². The van der Waals surface area contributed by atoms with Crippen molar-refractivity contribution < 1.29 is 17.6 Å². The zero-order valence-corrected chi connectivity index (χ0v) is 15.0. The van der Waals surface area contributed by atoms with Gasteiger partial charge in [0, 0.05) is 0 Å².